The van der Waals surface area contributed by atoms with E-state index < -0.39 is 0 Å². The summed E-state index contributed by atoms with van der Waals surface area (Å²) in [5.74, 6) is -0.654. The highest BCUT2D eigenvalue weighted by Gasteiger charge is 2.14. The number of nitrogens with two attached hydrogens (primary N) is 1. The molecule has 0 radical (unpaired) electrons. The van der Waals surface area contributed by atoms with Gasteiger partial charge in [0.05, 0.1) is 6.04 Å². The van der Waals surface area contributed by atoms with Crippen LogP contribution in [0.1, 0.15) is 40.4 Å². The van der Waals surface area contributed by atoms with E-state index in [0.29, 0.717) is 11.3 Å². The quantitative estimate of drug-likeness (QED) is 0.890. The lowest BCUT2D eigenvalue weighted by atomic mass is 10.2. The smallest absolute Gasteiger partial charge is 0.271 e. The third kappa shape index (κ3) is 3.40. The van der Waals surface area contributed by atoms with Crippen molar-refractivity contribution in [1.82, 2.24) is 10.3 Å². The molecule has 1 unspecified atom stereocenters. The summed E-state index contributed by atoms with van der Waals surface area (Å²) in [5.41, 5.74) is 6.63. The predicted octanol–water partition coefficient (Wildman–Crippen LogP) is 2.62. The number of halogens is 1. The lowest BCUT2D eigenvalue weighted by molar-refractivity contribution is 0.0946. The minimum absolute atomic E-state index is 0.137. The van der Waals surface area contributed by atoms with Crippen LogP contribution in [0.25, 0.3) is 0 Å². The van der Waals surface area contributed by atoms with E-state index in [1.54, 1.807) is 23.6 Å². The van der Waals surface area contributed by atoms with Crippen LogP contribution in [0.5, 0.6) is 0 Å². The van der Waals surface area contributed by atoms with Gasteiger partial charge in [0, 0.05) is 17.5 Å². The first-order chi connectivity index (χ1) is 9.61. The van der Waals surface area contributed by atoms with Gasteiger partial charge in [-0.25, -0.2) is 9.37 Å². The Bertz CT molecular complexity index is 600. The molecule has 2 rings (SSSR count). The van der Waals surface area contributed by atoms with Crippen LogP contribution >= 0.6 is 11.3 Å². The van der Waals surface area contributed by atoms with E-state index in [1.165, 1.54) is 17.4 Å². The fourth-order valence-electron chi connectivity index (χ4n) is 1.64. The lowest BCUT2D eigenvalue weighted by Gasteiger charge is -2.05. The fraction of sp³-hybridized carbons (Fsp3) is 0.286. The monoisotopic (exact) mass is 293 g/mol. The number of benzene rings is 1. The molecule has 0 bridgehead atoms. The largest absolute Gasteiger partial charge is 0.346 e. The molecule has 1 heterocycles. The summed E-state index contributed by atoms with van der Waals surface area (Å²) in [7, 11) is 0. The average Bonchev–Trinajstić information content (AvgIpc) is 2.95. The van der Waals surface area contributed by atoms with Crippen molar-refractivity contribution in [2.45, 2.75) is 25.9 Å². The number of hydrogen-bond acceptors (Lipinski definition) is 4. The van der Waals surface area contributed by atoms with E-state index >= 15 is 0 Å². The number of nitrogens with zero attached hydrogens (tertiary/aromatic N) is 1. The van der Waals surface area contributed by atoms with Crippen molar-refractivity contribution in [3.8, 4) is 0 Å². The molecule has 1 amide bonds. The van der Waals surface area contributed by atoms with Crippen molar-refractivity contribution in [2.75, 3.05) is 0 Å². The molecule has 1 aromatic heterocycles. The molecule has 0 spiro atoms. The van der Waals surface area contributed by atoms with Gasteiger partial charge in [0.2, 0.25) is 0 Å². The number of hydrogen-bond donors (Lipinski definition) is 2. The zero-order valence-electron chi connectivity index (χ0n) is 11.1. The van der Waals surface area contributed by atoms with E-state index in [-0.39, 0.29) is 24.3 Å². The first-order valence-corrected chi connectivity index (χ1v) is 7.22. The molecule has 6 heteroatoms. The number of carbonyl (C=O) groups is 1. The van der Waals surface area contributed by atoms with Crippen LogP contribution in [0.3, 0.4) is 0 Å². The van der Waals surface area contributed by atoms with E-state index in [4.69, 9.17) is 5.73 Å². The van der Waals surface area contributed by atoms with Crippen molar-refractivity contribution in [2.24, 2.45) is 5.73 Å². The molecule has 1 aromatic carbocycles. The summed E-state index contributed by atoms with van der Waals surface area (Å²) in [4.78, 5) is 16.1. The third-order valence-corrected chi connectivity index (χ3v) is 3.89. The molecule has 0 saturated heterocycles. The van der Waals surface area contributed by atoms with Gasteiger partial charge in [-0.3, -0.25) is 4.79 Å². The Morgan fingerprint density at radius 1 is 1.50 bits per heavy atom. The molecule has 0 aliphatic rings. The van der Waals surface area contributed by atoms with Gasteiger partial charge in [0.15, 0.2) is 0 Å². The Kier molecular flexibility index (Phi) is 4.81. The summed E-state index contributed by atoms with van der Waals surface area (Å²) in [6, 6.07) is 6.19. The second-order valence-corrected chi connectivity index (χ2v) is 5.25. The Morgan fingerprint density at radius 3 is 2.95 bits per heavy atom. The summed E-state index contributed by atoms with van der Waals surface area (Å²) in [5, 5.41) is 5.06. The molecule has 3 N–H and O–H groups in total. The highest BCUT2D eigenvalue weighted by atomic mass is 32.1. The molecular weight excluding hydrogens is 277 g/mol. The first kappa shape index (κ1) is 14.6. The maximum atomic E-state index is 13.4. The van der Waals surface area contributed by atoms with Crippen LogP contribution in [0.4, 0.5) is 4.39 Å². The van der Waals surface area contributed by atoms with Crippen LogP contribution in [0.15, 0.2) is 29.6 Å². The third-order valence-electron chi connectivity index (χ3n) is 2.91. The SMILES string of the molecule is CCC(N)c1nc(C(=O)NCc2ccccc2F)cs1. The summed E-state index contributed by atoms with van der Waals surface area (Å²) in [6.07, 6.45) is 0.768. The van der Waals surface area contributed by atoms with E-state index in [1.807, 2.05) is 6.92 Å². The van der Waals surface area contributed by atoms with Crippen LogP contribution in [-0.4, -0.2) is 10.9 Å². The van der Waals surface area contributed by atoms with Gasteiger partial charge in [-0.15, -0.1) is 11.3 Å². The van der Waals surface area contributed by atoms with Crippen LogP contribution in [-0.2, 0) is 6.54 Å². The van der Waals surface area contributed by atoms with Gasteiger partial charge in [-0.1, -0.05) is 25.1 Å². The first-order valence-electron chi connectivity index (χ1n) is 6.34. The second-order valence-electron chi connectivity index (χ2n) is 4.36. The van der Waals surface area contributed by atoms with Gasteiger partial charge in [0.25, 0.3) is 5.91 Å². The molecule has 0 aliphatic carbocycles. The number of thiazole rings is 1. The maximum absolute atomic E-state index is 13.4. The average molecular weight is 293 g/mol. The summed E-state index contributed by atoms with van der Waals surface area (Å²) in [6.45, 7) is 2.10. The number of carbonyl (C=O) groups excluding carboxylic acids is 1. The van der Waals surface area contributed by atoms with Crippen molar-refractivity contribution >= 4 is 17.2 Å². The van der Waals surface area contributed by atoms with Crippen LogP contribution < -0.4 is 11.1 Å². The van der Waals surface area contributed by atoms with Crippen LogP contribution in [0.2, 0.25) is 0 Å². The molecule has 0 fully saturated rings. The number of amides is 1. The van der Waals surface area contributed by atoms with Crippen LogP contribution in [0, 0.1) is 5.82 Å². The zero-order chi connectivity index (χ0) is 14.5. The van der Waals surface area contributed by atoms with E-state index in [2.05, 4.69) is 10.3 Å². The highest BCUT2D eigenvalue weighted by molar-refractivity contribution is 7.09. The van der Waals surface area contributed by atoms with E-state index in [9.17, 15) is 9.18 Å². The predicted molar refractivity (Wildman–Crippen MR) is 76.9 cm³/mol. The second kappa shape index (κ2) is 6.58. The molecule has 2 aromatic rings. The van der Waals surface area contributed by atoms with E-state index in [0.717, 1.165) is 11.4 Å². The molecule has 4 nitrogen and oxygen atoms in total. The van der Waals surface area contributed by atoms with Crippen molar-refractivity contribution in [3.63, 3.8) is 0 Å². The Labute approximate surface area is 120 Å². The standard InChI is InChI=1S/C14H16FN3OS/c1-2-11(16)14-18-12(8-20-14)13(19)17-7-9-5-3-4-6-10(9)15/h3-6,8,11H,2,7,16H2,1H3,(H,17,19). The minimum atomic E-state index is -0.334. The van der Waals surface area contributed by atoms with Gasteiger partial charge in [0.1, 0.15) is 16.5 Å². The fourth-order valence-corrected chi connectivity index (χ4v) is 2.53. The topological polar surface area (TPSA) is 68.0 Å². The molecule has 106 valence electrons. The Hall–Kier alpha value is -1.79. The molecular formula is C14H16FN3OS. The summed E-state index contributed by atoms with van der Waals surface area (Å²) < 4.78 is 13.4. The normalized spacial score (nSPS) is 12.2. The Morgan fingerprint density at radius 2 is 2.25 bits per heavy atom. The maximum Gasteiger partial charge on any atom is 0.271 e. The Balaban J connectivity index is 1.99. The molecule has 0 saturated carbocycles. The van der Waals surface area contributed by atoms with Gasteiger partial charge in [-0.2, -0.15) is 0 Å². The van der Waals surface area contributed by atoms with Gasteiger partial charge >= 0.3 is 0 Å². The van der Waals surface area contributed by atoms with Gasteiger partial charge < -0.3 is 11.1 Å². The molecule has 1 atom stereocenters. The van der Waals surface area contributed by atoms with Crippen molar-refractivity contribution in [1.29, 1.82) is 0 Å². The number of nitrogens with one attached hydrogen (secondary N) is 1. The van der Waals surface area contributed by atoms with Crippen molar-refractivity contribution < 1.29 is 9.18 Å². The number of rotatable bonds is 5. The number of aromatic nitrogens is 1. The lowest BCUT2D eigenvalue weighted by Crippen LogP contribution is -2.23. The van der Waals surface area contributed by atoms with Gasteiger partial charge in [-0.05, 0) is 12.5 Å². The molecule has 0 aliphatic heterocycles. The highest BCUT2D eigenvalue weighted by Crippen LogP contribution is 2.18. The van der Waals surface area contributed by atoms with Crippen molar-refractivity contribution in [3.05, 3.63) is 51.7 Å². The summed E-state index contributed by atoms with van der Waals surface area (Å²) >= 11 is 1.36. The zero-order valence-corrected chi connectivity index (χ0v) is 11.9. The molecule has 20 heavy (non-hydrogen) atoms. The minimum Gasteiger partial charge on any atom is -0.346 e.